The molecule has 0 bridgehead atoms. The van der Waals surface area contributed by atoms with Crippen molar-refractivity contribution in [2.24, 2.45) is 0 Å². The van der Waals surface area contributed by atoms with Crippen molar-refractivity contribution in [3.05, 3.63) is 127 Å². The molecule has 0 aliphatic rings. The number of nitrogens with two attached hydrogens (primary N) is 1. The predicted octanol–water partition coefficient (Wildman–Crippen LogP) is 1.34. The Morgan fingerprint density at radius 1 is 0.648 bits per heavy atom. The van der Waals surface area contributed by atoms with Crippen LogP contribution < -0.4 is 55.1 Å². The van der Waals surface area contributed by atoms with E-state index < -0.39 is 0 Å². The SMILES string of the molecule is C.CN(C)c1ccc([NH3+])cc1F.COc1ccccc1-c1cc(Cl)ncn1.COc1ccccc1-c1cc([NH2+]c2ccc(N(C)C)c(F)c2)ncn1.[Cl-].[Cl-].[HH]. The van der Waals surface area contributed by atoms with Crippen LogP contribution in [-0.4, -0.2) is 62.3 Å². The summed E-state index contributed by atoms with van der Waals surface area (Å²) in [6, 6.07) is 28.9. The number of aromatic nitrogens is 4. The molecule has 0 atom stereocenters. The Morgan fingerprint density at radius 2 is 1.13 bits per heavy atom. The molecule has 290 valence electrons. The first-order valence-electron chi connectivity index (χ1n) is 15.7. The maximum atomic E-state index is 14.1. The van der Waals surface area contributed by atoms with Gasteiger partial charge < -0.3 is 49.8 Å². The van der Waals surface area contributed by atoms with Crippen molar-refractivity contribution in [3.8, 4) is 34.0 Å². The minimum atomic E-state index is -0.266. The first-order valence-corrected chi connectivity index (χ1v) is 16.0. The minimum Gasteiger partial charge on any atom is -1.00 e. The molecule has 6 rings (SSSR count). The number of ether oxygens (including phenoxy) is 2. The molecule has 0 aliphatic carbocycles. The monoisotopic (exact) mass is 802 g/mol. The van der Waals surface area contributed by atoms with Crippen LogP contribution in [0, 0.1) is 11.6 Å². The summed E-state index contributed by atoms with van der Waals surface area (Å²) in [4.78, 5) is 20.0. The fourth-order valence-electron chi connectivity index (χ4n) is 4.85. The van der Waals surface area contributed by atoms with Crippen LogP contribution in [0.1, 0.15) is 8.85 Å². The summed E-state index contributed by atoms with van der Waals surface area (Å²) in [7, 11) is 10.5. The summed E-state index contributed by atoms with van der Waals surface area (Å²) in [6.45, 7) is 0. The second-order valence-corrected chi connectivity index (χ2v) is 11.8. The Bertz CT molecular complexity index is 2070. The molecular weight excluding hydrogens is 757 g/mol. The van der Waals surface area contributed by atoms with Crippen LogP contribution in [-0.2, 0) is 0 Å². The lowest BCUT2D eigenvalue weighted by Crippen LogP contribution is -3.00. The van der Waals surface area contributed by atoms with E-state index in [1.807, 2.05) is 80.1 Å². The molecule has 0 radical (unpaired) electrons. The van der Waals surface area contributed by atoms with Crippen molar-refractivity contribution >= 4 is 40.2 Å². The standard InChI is InChI=1S/C19H19FN4O.C11H9ClN2O.C8H11FN2.CH4.2ClH.H2/c1-24(2)17-9-8-13(10-15(17)20)23-19-11-16(21-12-22-19)14-6-4-5-7-18(14)25-3;1-15-10-5-3-2-4-8(10)9-6-11(12)14-7-13-9;1-11(2)8-4-3-6(10)5-7(8)9;;;;/h4-12H,1-3H3,(H,21,22,23);2-7H,1H3;3-5H,10H2,1-2H3;1H4;3*1H. The maximum Gasteiger partial charge on any atom is 0.232 e. The summed E-state index contributed by atoms with van der Waals surface area (Å²) in [5.74, 6) is 1.73. The number of para-hydroxylation sites is 2. The molecule has 4 aromatic carbocycles. The average molecular weight is 804 g/mol. The third kappa shape index (κ3) is 13.1. The highest BCUT2D eigenvalue weighted by molar-refractivity contribution is 6.29. The molecule has 2 heterocycles. The number of nitrogens with zero attached hydrogens (tertiary/aromatic N) is 6. The zero-order valence-electron chi connectivity index (χ0n) is 30.1. The van der Waals surface area contributed by atoms with Crippen LogP contribution in [0.25, 0.3) is 22.5 Å². The minimum absolute atomic E-state index is 0. The normalized spacial score (nSPS) is 9.67. The van der Waals surface area contributed by atoms with Gasteiger partial charge in [-0.15, -0.1) is 0 Å². The van der Waals surface area contributed by atoms with Crippen LogP contribution in [0.15, 0.2) is 110 Å². The molecule has 0 saturated heterocycles. The van der Waals surface area contributed by atoms with Gasteiger partial charge in [0.1, 0.15) is 40.7 Å². The highest BCUT2D eigenvalue weighted by Crippen LogP contribution is 2.29. The van der Waals surface area contributed by atoms with Crippen LogP contribution in [0.2, 0.25) is 5.15 Å². The van der Waals surface area contributed by atoms with Crippen LogP contribution >= 0.6 is 11.6 Å². The second-order valence-electron chi connectivity index (χ2n) is 11.4. The van der Waals surface area contributed by atoms with E-state index in [0.717, 1.165) is 39.7 Å². The third-order valence-corrected chi connectivity index (χ3v) is 7.56. The first kappa shape index (κ1) is 46.9. The Morgan fingerprint density at radius 3 is 1.61 bits per heavy atom. The molecule has 0 aliphatic heterocycles. The van der Waals surface area contributed by atoms with Crippen LogP contribution in [0.5, 0.6) is 11.5 Å². The molecule has 0 fully saturated rings. The predicted molar refractivity (Wildman–Crippen MR) is 207 cm³/mol. The largest absolute Gasteiger partial charge is 1.00 e. The highest BCUT2D eigenvalue weighted by atomic mass is 35.5. The Hall–Kier alpha value is -5.11. The Balaban J connectivity index is 0.000000837. The Labute approximate surface area is 334 Å². The molecule has 0 saturated carbocycles. The van der Waals surface area contributed by atoms with Gasteiger partial charge in [-0.2, -0.15) is 4.98 Å². The number of halogens is 5. The van der Waals surface area contributed by atoms with E-state index in [9.17, 15) is 8.78 Å². The van der Waals surface area contributed by atoms with Gasteiger partial charge in [-0.1, -0.05) is 43.3 Å². The molecule has 10 nitrogen and oxygen atoms in total. The second kappa shape index (κ2) is 22.8. The van der Waals surface area contributed by atoms with Gasteiger partial charge in [0.2, 0.25) is 5.82 Å². The molecule has 0 amide bonds. The fourth-order valence-corrected chi connectivity index (χ4v) is 5.00. The van der Waals surface area contributed by atoms with E-state index in [4.69, 9.17) is 21.1 Å². The van der Waals surface area contributed by atoms with E-state index >= 15 is 0 Å². The van der Waals surface area contributed by atoms with Gasteiger partial charge in [-0.25, -0.2) is 23.7 Å². The lowest BCUT2D eigenvalue weighted by Gasteiger charge is -2.13. The van der Waals surface area contributed by atoms with E-state index in [1.165, 1.54) is 24.8 Å². The number of rotatable bonds is 8. The lowest BCUT2D eigenvalue weighted by molar-refractivity contribution is -0.483. The summed E-state index contributed by atoms with van der Waals surface area (Å²) in [5, 5.41) is 2.24. The van der Waals surface area contributed by atoms with E-state index in [2.05, 4.69) is 25.7 Å². The van der Waals surface area contributed by atoms with Crippen molar-refractivity contribution in [1.82, 2.24) is 19.9 Å². The molecule has 6 aromatic rings. The fraction of sp³-hybridized carbons (Fsp3) is 0.179. The van der Waals surface area contributed by atoms with Gasteiger partial charge in [0.15, 0.2) is 11.6 Å². The molecule has 2 aromatic heterocycles. The van der Waals surface area contributed by atoms with Gasteiger partial charge in [-0.3, -0.25) is 5.32 Å². The van der Waals surface area contributed by atoms with Crippen molar-refractivity contribution in [2.75, 3.05) is 52.2 Å². The van der Waals surface area contributed by atoms with Gasteiger partial charge >= 0.3 is 0 Å². The Kier molecular flexibility index (Phi) is 19.8. The summed E-state index contributed by atoms with van der Waals surface area (Å²) >= 11 is 5.80. The third-order valence-electron chi connectivity index (χ3n) is 7.35. The van der Waals surface area contributed by atoms with Gasteiger partial charge in [0, 0.05) is 77.1 Å². The number of methoxy groups -OCH3 is 2. The maximum absolute atomic E-state index is 14.1. The average Bonchev–Trinajstić information content (AvgIpc) is 3.12. The van der Waals surface area contributed by atoms with Crippen LogP contribution in [0.4, 0.5) is 37.3 Å². The smallest absolute Gasteiger partial charge is 0.232 e. The quantitative estimate of drug-likeness (QED) is 0.175. The summed E-state index contributed by atoms with van der Waals surface area (Å²) in [5.41, 5.74) is 9.52. The molecule has 5 N–H and O–H groups in total. The molecule has 54 heavy (non-hydrogen) atoms. The summed E-state index contributed by atoms with van der Waals surface area (Å²) < 4.78 is 37.8. The van der Waals surface area contributed by atoms with E-state index in [0.29, 0.717) is 28.0 Å². The van der Waals surface area contributed by atoms with Crippen molar-refractivity contribution in [2.45, 2.75) is 7.43 Å². The molecule has 0 unspecified atom stereocenters. The zero-order valence-corrected chi connectivity index (χ0v) is 32.3. The molecule has 0 spiro atoms. The van der Waals surface area contributed by atoms with Gasteiger partial charge in [-0.05, 0) is 36.4 Å². The van der Waals surface area contributed by atoms with Crippen molar-refractivity contribution in [3.63, 3.8) is 0 Å². The summed E-state index contributed by atoms with van der Waals surface area (Å²) in [6.07, 6.45) is 2.93. The number of benzene rings is 4. The highest BCUT2D eigenvalue weighted by Gasteiger charge is 2.13. The number of hydrogen-bond acceptors (Lipinski definition) is 8. The number of hydrogen-bond donors (Lipinski definition) is 2. The molecule has 15 heteroatoms. The number of anilines is 2. The lowest BCUT2D eigenvalue weighted by atomic mass is 10.1. The van der Waals surface area contributed by atoms with Gasteiger partial charge in [0.25, 0.3) is 0 Å². The number of quaternary nitrogens is 2. The topological polar surface area (TPSA) is 121 Å². The van der Waals surface area contributed by atoms with Crippen LogP contribution in [0.3, 0.4) is 0 Å². The van der Waals surface area contributed by atoms with Crippen molar-refractivity contribution in [1.29, 1.82) is 0 Å². The van der Waals surface area contributed by atoms with Crippen molar-refractivity contribution < 1.29 is 55.5 Å². The zero-order chi connectivity index (χ0) is 36.9. The van der Waals surface area contributed by atoms with E-state index in [1.54, 1.807) is 62.4 Å². The van der Waals surface area contributed by atoms with Gasteiger partial charge in [0.05, 0.1) is 37.0 Å². The molecular formula is C39H47Cl3F2N8O2. The van der Waals surface area contributed by atoms with E-state index in [-0.39, 0.29) is 45.3 Å². The first-order chi connectivity index (χ1) is 24.5.